The summed E-state index contributed by atoms with van der Waals surface area (Å²) >= 11 is 3.81. The molecule has 22 aromatic rings. The molecular weight excluding hydrogens is 1590 g/mol. The lowest BCUT2D eigenvalue weighted by Gasteiger charge is -2.41. The van der Waals surface area contributed by atoms with Gasteiger partial charge in [-0.25, -0.2) is 34.9 Å². The van der Waals surface area contributed by atoms with Crippen molar-refractivity contribution in [3.8, 4) is 135 Å². The second kappa shape index (κ2) is 30.5. The predicted octanol–water partition coefficient (Wildman–Crippen LogP) is 30.1. The Hall–Kier alpha value is -15.9. The molecule has 0 saturated heterocycles. The van der Waals surface area contributed by atoms with Crippen LogP contribution in [0.25, 0.3) is 178 Å². The van der Waals surface area contributed by atoms with Crippen LogP contribution in [0.2, 0.25) is 0 Å². The largest absolute Gasteiger partial charge is 0.247 e. The Labute approximate surface area is 749 Å². The molecule has 0 N–H and O–H groups in total. The summed E-state index contributed by atoms with van der Waals surface area (Å²) in [6.45, 7) is 0. The molecule has 2 aliphatic heterocycles. The number of hydrogen-bond donors (Lipinski definition) is 0. The monoisotopic (exact) mass is 1660 g/mol. The number of pyridine rings is 2. The number of benzene rings is 18. The first-order chi connectivity index (χ1) is 63.5. The Kier molecular flexibility index (Phi) is 17.8. The molecule has 26 rings (SSSR count). The van der Waals surface area contributed by atoms with Crippen molar-refractivity contribution in [1.29, 1.82) is 0 Å². The van der Waals surface area contributed by atoms with Crippen molar-refractivity contribution in [3.63, 3.8) is 0 Å². The quantitative estimate of drug-likeness (QED) is 0.124. The van der Waals surface area contributed by atoms with Crippen LogP contribution in [0.3, 0.4) is 0 Å². The van der Waals surface area contributed by atoms with Crippen LogP contribution >= 0.6 is 23.5 Å². The molecule has 7 nitrogen and oxygen atoms in total. The fourth-order valence-corrected chi connectivity index (χ4v) is 23.5. The Morgan fingerprint density at radius 2 is 0.430 bits per heavy atom. The van der Waals surface area contributed by atoms with Gasteiger partial charge in [0.15, 0.2) is 23.3 Å². The number of nitrogens with zero attached hydrogens (tertiary/aromatic N) is 7. The molecule has 0 bridgehead atoms. The number of fused-ring (bicyclic) bond motifs is 26. The van der Waals surface area contributed by atoms with Crippen LogP contribution in [-0.4, -0.2) is 34.9 Å². The Bertz CT molecular complexity index is 7530. The summed E-state index contributed by atoms with van der Waals surface area (Å²) in [5.41, 5.74) is 33.1. The Morgan fingerprint density at radius 1 is 0.164 bits per heavy atom. The van der Waals surface area contributed by atoms with Gasteiger partial charge in [0.1, 0.15) is 0 Å². The molecule has 9 heteroatoms. The molecule has 18 aromatic carbocycles. The lowest BCUT2D eigenvalue weighted by atomic mass is 9.66. The molecule has 0 atom stereocenters. The summed E-state index contributed by atoms with van der Waals surface area (Å²) in [6, 6.07) is 159. The second-order valence-corrected chi connectivity index (χ2v) is 35.1. The summed E-state index contributed by atoms with van der Waals surface area (Å²) < 4.78 is 0. The van der Waals surface area contributed by atoms with Gasteiger partial charge in [-0.15, -0.1) is 0 Å². The van der Waals surface area contributed by atoms with Crippen LogP contribution in [-0.2, 0) is 10.8 Å². The van der Waals surface area contributed by atoms with Gasteiger partial charge in [0, 0.05) is 96.4 Å². The molecule has 2 spiro atoms. The molecule has 0 saturated carbocycles. The summed E-state index contributed by atoms with van der Waals surface area (Å²) in [5.74, 6) is 2.64. The third-order valence-corrected chi connectivity index (χ3v) is 28.7. The number of aromatic nitrogens is 7. The maximum atomic E-state index is 5.35. The smallest absolute Gasteiger partial charge is 0.164 e. The molecule has 0 unspecified atom stereocenters. The first kappa shape index (κ1) is 74.7. The van der Waals surface area contributed by atoms with E-state index in [-0.39, 0.29) is 0 Å². The third-order valence-electron chi connectivity index (χ3n) is 26.2. The van der Waals surface area contributed by atoms with Gasteiger partial charge in [-0.05, 0) is 107 Å². The average Bonchev–Trinajstić information content (AvgIpc) is 1.46. The van der Waals surface area contributed by atoms with E-state index in [1.807, 2.05) is 108 Å². The van der Waals surface area contributed by atoms with E-state index in [0.717, 1.165) is 111 Å². The van der Waals surface area contributed by atoms with Crippen LogP contribution < -0.4 is 0 Å². The van der Waals surface area contributed by atoms with E-state index in [1.54, 1.807) is 0 Å². The van der Waals surface area contributed by atoms with Crippen molar-refractivity contribution in [2.24, 2.45) is 0 Å². The van der Waals surface area contributed by atoms with E-state index in [1.165, 1.54) is 108 Å². The minimum absolute atomic E-state index is 0.548. The second-order valence-electron chi connectivity index (χ2n) is 33.1. The molecule has 128 heavy (non-hydrogen) atoms. The van der Waals surface area contributed by atoms with Crippen LogP contribution in [0.4, 0.5) is 0 Å². The van der Waals surface area contributed by atoms with Crippen molar-refractivity contribution >= 4 is 66.9 Å². The van der Waals surface area contributed by atoms with Crippen LogP contribution in [0.15, 0.2) is 462 Å². The van der Waals surface area contributed by atoms with Crippen molar-refractivity contribution in [2.45, 2.75) is 30.4 Å². The minimum atomic E-state index is -0.558. The van der Waals surface area contributed by atoms with Gasteiger partial charge in [0.25, 0.3) is 0 Å². The van der Waals surface area contributed by atoms with E-state index < -0.39 is 10.8 Å². The molecule has 2 aliphatic carbocycles. The van der Waals surface area contributed by atoms with Crippen molar-refractivity contribution in [3.05, 3.63) is 487 Å². The summed E-state index contributed by atoms with van der Waals surface area (Å²) in [7, 11) is 0. The molecule has 596 valence electrons. The fourth-order valence-electron chi connectivity index (χ4n) is 20.5. The van der Waals surface area contributed by atoms with Crippen LogP contribution in [0, 0.1) is 0 Å². The van der Waals surface area contributed by atoms with Crippen molar-refractivity contribution in [1.82, 2.24) is 34.9 Å². The first-order valence-corrected chi connectivity index (χ1v) is 45.0. The number of rotatable bonds is 10. The highest BCUT2D eigenvalue weighted by molar-refractivity contribution is 8.00. The topological polar surface area (TPSA) is 90.2 Å². The van der Waals surface area contributed by atoms with Gasteiger partial charge >= 0.3 is 0 Å². The van der Waals surface area contributed by atoms with E-state index in [0.29, 0.717) is 23.3 Å². The van der Waals surface area contributed by atoms with Gasteiger partial charge in [-0.3, -0.25) is 0 Å². The lowest BCUT2D eigenvalue weighted by Crippen LogP contribution is -2.32. The van der Waals surface area contributed by atoms with E-state index in [2.05, 4.69) is 358 Å². The predicted molar refractivity (Wildman–Crippen MR) is 525 cm³/mol. The normalized spacial score (nSPS) is 13.1. The average molecular weight is 1670 g/mol. The molecule has 0 amide bonds. The zero-order valence-electron chi connectivity index (χ0n) is 69.1. The summed E-state index contributed by atoms with van der Waals surface area (Å²) in [4.78, 5) is 41.0. The van der Waals surface area contributed by atoms with Crippen molar-refractivity contribution in [2.75, 3.05) is 0 Å². The minimum Gasteiger partial charge on any atom is -0.247 e. The molecular formula is C119H73N7S2. The molecule has 4 aliphatic rings. The van der Waals surface area contributed by atoms with Gasteiger partial charge in [-0.2, -0.15) is 0 Å². The lowest BCUT2D eigenvalue weighted by molar-refractivity contribution is 0.727. The standard InChI is InChI=1S/C60H37N3S.C59H36N4S/c1-4-17-39(18-5-1)53-37-54(63-59(62-53)42-21-8-3-9-22-42)40-33-31-38(32-34-40)43-26-16-29-50-57(43)64-58-51(60(50)48-27-13-10-23-44(48)45-24-11-14-28-49(45)60)36-35-47-55(58)46-25-12-15-30-52(46)61-56(47)41-19-6-2-7-20-41;1-4-17-38(18-5-1)53-46-35-36-50-55(52(46)45-25-12-15-30-51(45)60-53)64-54-42(26-16-29-49(54)59(50)47-27-13-10-23-43(47)44-24-11-14-28-48(44)59)37-31-33-41(34-32-37)58-62-56(39-19-6-2-7-20-39)61-57(63-58)40-21-8-3-9-22-40/h1-37H;1-36H. The first-order valence-electron chi connectivity index (χ1n) is 43.4. The number of hydrogen-bond acceptors (Lipinski definition) is 9. The highest BCUT2D eigenvalue weighted by Crippen LogP contribution is 2.67. The van der Waals surface area contributed by atoms with Crippen LogP contribution in [0.1, 0.15) is 44.5 Å². The van der Waals surface area contributed by atoms with Crippen LogP contribution in [0.5, 0.6) is 0 Å². The number of para-hydroxylation sites is 2. The Morgan fingerprint density at radius 3 is 0.805 bits per heavy atom. The highest BCUT2D eigenvalue weighted by Gasteiger charge is 2.53. The van der Waals surface area contributed by atoms with E-state index in [9.17, 15) is 0 Å². The maximum absolute atomic E-state index is 5.35. The summed E-state index contributed by atoms with van der Waals surface area (Å²) in [5, 5.41) is 7.11. The zero-order chi connectivity index (χ0) is 84.4. The van der Waals surface area contributed by atoms with E-state index >= 15 is 0 Å². The summed E-state index contributed by atoms with van der Waals surface area (Å²) in [6.07, 6.45) is 0. The van der Waals surface area contributed by atoms with Gasteiger partial charge in [-0.1, -0.05) is 448 Å². The molecule has 0 fully saturated rings. The fraction of sp³-hybridized carbons (Fsp3) is 0.0168. The van der Waals surface area contributed by atoms with Gasteiger partial charge in [0.05, 0.1) is 44.6 Å². The highest BCUT2D eigenvalue weighted by atomic mass is 32.2. The molecule has 0 radical (unpaired) electrons. The van der Waals surface area contributed by atoms with Gasteiger partial charge in [0.2, 0.25) is 0 Å². The van der Waals surface area contributed by atoms with Gasteiger partial charge < -0.3 is 0 Å². The van der Waals surface area contributed by atoms with E-state index in [4.69, 9.17) is 34.9 Å². The molecule has 6 heterocycles. The zero-order valence-corrected chi connectivity index (χ0v) is 70.7. The van der Waals surface area contributed by atoms with Crippen molar-refractivity contribution < 1.29 is 0 Å². The Balaban J connectivity index is 0.000000139. The maximum Gasteiger partial charge on any atom is 0.164 e. The SMILES string of the molecule is c1ccc(-c2cc(-c3ccc(-c4cccc5c4Sc4c(ccc6c(-c7ccccc7)nc7ccccc7c46)C54c5ccccc5-c5ccccc54)cc3)nc(-c3ccccc3)n2)cc1.c1ccc(-c2nc(-c3ccccc3)nc(-c3ccc(-c4cccc5c4Sc4c(ccc6c(-c7ccccc7)nc7ccccc7c46)C54c5ccccc5-c5ccccc54)cc3)n2)cc1. The molecule has 4 aromatic heterocycles. The third kappa shape index (κ3) is 11.9.